The Bertz CT molecular complexity index is 470. The van der Waals surface area contributed by atoms with Gasteiger partial charge >= 0.3 is 7.12 Å². The third-order valence-corrected chi connectivity index (χ3v) is 4.10. The standard InChI is InChI=1S/C13H21BN2O2/c1-8-7-16-11(15)9(2)10(8)14-17-12(3,4)13(5,6)18-14/h7H,1-6H3,(H2,15,16). The third kappa shape index (κ3) is 1.91. The predicted molar refractivity (Wildman–Crippen MR) is 73.8 cm³/mol. The van der Waals surface area contributed by atoms with Crippen molar-refractivity contribution in [3.63, 3.8) is 0 Å². The van der Waals surface area contributed by atoms with Crippen molar-refractivity contribution in [3.8, 4) is 0 Å². The Kier molecular flexibility index (Phi) is 2.95. The van der Waals surface area contributed by atoms with E-state index < -0.39 is 0 Å². The molecule has 0 saturated carbocycles. The summed E-state index contributed by atoms with van der Waals surface area (Å²) in [5.41, 5.74) is 8.17. The van der Waals surface area contributed by atoms with Crippen molar-refractivity contribution >= 4 is 18.4 Å². The molecular weight excluding hydrogens is 227 g/mol. The van der Waals surface area contributed by atoms with Crippen LogP contribution in [0.1, 0.15) is 38.8 Å². The van der Waals surface area contributed by atoms with Crippen molar-refractivity contribution in [3.05, 3.63) is 17.3 Å². The van der Waals surface area contributed by atoms with E-state index in [1.807, 2.05) is 41.5 Å². The second-order valence-corrected chi connectivity index (χ2v) is 5.95. The van der Waals surface area contributed by atoms with Gasteiger partial charge in [0, 0.05) is 6.20 Å². The second kappa shape index (κ2) is 3.97. The average molecular weight is 248 g/mol. The molecule has 98 valence electrons. The van der Waals surface area contributed by atoms with Crippen molar-refractivity contribution in [2.45, 2.75) is 52.7 Å². The molecule has 0 bridgehead atoms. The molecule has 1 fully saturated rings. The number of nitrogen functional groups attached to an aromatic ring is 1. The van der Waals surface area contributed by atoms with Crippen LogP contribution < -0.4 is 11.2 Å². The van der Waals surface area contributed by atoms with Gasteiger partial charge in [-0.15, -0.1) is 0 Å². The van der Waals surface area contributed by atoms with Crippen LogP contribution in [0.5, 0.6) is 0 Å². The summed E-state index contributed by atoms with van der Waals surface area (Å²) >= 11 is 0. The van der Waals surface area contributed by atoms with Gasteiger partial charge in [-0.1, -0.05) is 0 Å². The van der Waals surface area contributed by atoms with E-state index in [1.165, 1.54) is 0 Å². The van der Waals surface area contributed by atoms with Crippen LogP contribution >= 0.6 is 0 Å². The fourth-order valence-electron chi connectivity index (χ4n) is 2.09. The van der Waals surface area contributed by atoms with Crippen molar-refractivity contribution in [2.75, 3.05) is 5.73 Å². The van der Waals surface area contributed by atoms with Crippen LogP contribution in [0.3, 0.4) is 0 Å². The number of hydrogen-bond acceptors (Lipinski definition) is 4. The van der Waals surface area contributed by atoms with Crippen molar-refractivity contribution in [1.29, 1.82) is 0 Å². The minimum absolute atomic E-state index is 0.339. The lowest BCUT2D eigenvalue weighted by Crippen LogP contribution is -2.41. The van der Waals surface area contributed by atoms with E-state index in [2.05, 4.69) is 4.98 Å². The first kappa shape index (κ1) is 13.4. The number of nitrogens with zero attached hydrogens (tertiary/aromatic N) is 1. The summed E-state index contributed by atoms with van der Waals surface area (Å²) in [6.45, 7) is 12.1. The molecular formula is C13H21BN2O2. The SMILES string of the molecule is Cc1cnc(N)c(C)c1B1OC(C)(C)C(C)(C)O1. The molecule has 0 unspecified atom stereocenters. The lowest BCUT2D eigenvalue weighted by atomic mass is 9.74. The highest BCUT2D eigenvalue weighted by Crippen LogP contribution is 2.37. The number of hydrogen-bond donors (Lipinski definition) is 1. The average Bonchev–Trinajstić information content (AvgIpc) is 2.43. The largest absolute Gasteiger partial charge is 0.495 e. The Balaban J connectivity index is 2.44. The summed E-state index contributed by atoms with van der Waals surface area (Å²) in [5, 5.41) is 0. The molecule has 0 amide bonds. The molecule has 2 N–H and O–H groups in total. The number of aryl methyl sites for hydroxylation is 1. The monoisotopic (exact) mass is 248 g/mol. The van der Waals surface area contributed by atoms with Crippen LogP contribution in [-0.2, 0) is 9.31 Å². The highest BCUT2D eigenvalue weighted by Gasteiger charge is 2.52. The van der Waals surface area contributed by atoms with E-state index in [4.69, 9.17) is 15.0 Å². The van der Waals surface area contributed by atoms with Gasteiger partial charge in [0.2, 0.25) is 0 Å². The molecule has 0 spiro atoms. The fourth-order valence-corrected chi connectivity index (χ4v) is 2.09. The molecule has 0 aromatic carbocycles. The first-order chi connectivity index (χ1) is 8.16. The maximum atomic E-state index is 6.06. The molecule has 18 heavy (non-hydrogen) atoms. The smallest absolute Gasteiger partial charge is 0.399 e. The van der Waals surface area contributed by atoms with Crippen molar-refractivity contribution in [1.82, 2.24) is 4.98 Å². The van der Waals surface area contributed by atoms with Crippen LogP contribution in [0.2, 0.25) is 0 Å². The highest BCUT2D eigenvalue weighted by molar-refractivity contribution is 6.63. The first-order valence-corrected chi connectivity index (χ1v) is 6.23. The molecule has 2 rings (SSSR count). The summed E-state index contributed by atoms with van der Waals surface area (Å²) in [5.74, 6) is 0.533. The normalized spacial score (nSPS) is 21.3. The molecule has 0 atom stereocenters. The van der Waals surface area contributed by atoms with Crippen LogP contribution in [-0.4, -0.2) is 23.3 Å². The lowest BCUT2D eigenvalue weighted by Gasteiger charge is -2.32. The van der Waals surface area contributed by atoms with Gasteiger partial charge in [-0.05, 0) is 58.1 Å². The molecule has 1 aliphatic heterocycles. The summed E-state index contributed by atoms with van der Waals surface area (Å²) in [7, 11) is -0.375. The van der Waals surface area contributed by atoms with E-state index in [0.717, 1.165) is 16.6 Å². The number of aromatic nitrogens is 1. The second-order valence-electron chi connectivity index (χ2n) is 5.95. The molecule has 1 aliphatic rings. The number of pyridine rings is 1. The molecule has 4 nitrogen and oxygen atoms in total. The Morgan fingerprint density at radius 3 is 2.11 bits per heavy atom. The van der Waals surface area contributed by atoms with E-state index in [9.17, 15) is 0 Å². The van der Waals surface area contributed by atoms with Crippen LogP contribution in [0.15, 0.2) is 6.20 Å². The molecule has 1 aromatic heterocycles. The number of nitrogens with two attached hydrogens (primary N) is 1. The van der Waals surface area contributed by atoms with Gasteiger partial charge < -0.3 is 15.0 Å². The predicted octanol–water partition coefficient (Wildman–Crippen LogP) is 1.58. The molecule has 1 aromatic rings. The Labute approximate surface area is 109 Å². The Morgan fingerprint density at radius 2 is 1.61 bits per heavy atom. The molecule has 2 heterocycles. The minimum atomic E-state index is -0.375. The summed E-state index contributed by atoms with van der Waals surface area (Å²) in [6, 6.07) is 0. The molecule has 0 aliphatic carbocycles. The third-order valence-electron chi connectivity index (χ3n) is 4.10. The quantitative estimate of drug-likeness (QED) is 0.766. The molecule has 0 radical (unpaired) electrons. The zero-order chi connectivity index (χ0) is 13.7. The lowest BCUT2D eigenvalue weighted by molar-refractivity contribution is 0.00578. The fraction of sp³-hybridized carbons (Fsp3) is 0.615. The number of rotatable bonds is 1. The van der Waals surface area contributed by atoms with Crippen LogP contribution in [0.4, 0.5) is 5.82 Å². The zero-order valence-corrected chi connectivity index (χ0v) is 12.0. The topological polar surface area (TPSA) is 57.4 Å². The van der Waals surface area contributed by atoms with Gasteiger partial charge in [0.05, 0.1) is 11.2 Å². The van der Waals surface area contributed by atoms with E-state index >= 15 is 0 Å². The first-order valence-electron chi connectivity index (χ1n) is 6.23. The zero-order valence-electron chi connectivity index (χ0n) is 12.0. The van der Waals surface area contributed by atoms with Crippen LogP contribution in [0, 0.1) is 13.8 Å². The Morgan fingerprint density at radius 1 is 1.11 bits per heavy atom. The number of anilines is 1. The van der Waals surface area contributed by atoms with Gasteiger partial charge in [-0.25, -0.2) is 4.98 Å². The van der Waals surface area contributed by atoms with Gasteiger partial charge in [0.15, 0.2) is 0 Å². The maximum Gasteiger partial charge on any atom is 0.495 e. The summed E-state index contributed by atoms with van der Waals surface area (Å²) in [6.07, 6.45) is 1.77. The van der Waals surface area contributed by atoms with Gasteiger partial charge in [0.1, 0.15) is 5.82 Å². The van der Waals surface area contributed by atoms with Crippen molar-refractivity contribution < 1.29 is 9.31 Å². The highest BCUT2D eigenvalue weighted by atomic mass is 16.7. The van der Waals surface area contributed by atoms with Gasteiger partial charge in [-0.2, -0.15) is 0 Å². The maximum absolute atomic E-state index is 6.06. The molecule has 5 heteroatoms. The van der Waals surface area contributed by atoms with E-state index in [1.54, 1.807) is 6.20 Å². The van der Waals surface area contributed by atoms with Gasteiger partial charge in [-0.3, -0.25) is 0 Å². The summed E-state index contributed by atoms with van der Waals surface area (Å²) in [4.78, 5) is 4.15. The minimum Gasteiger partial charge on any atom is -0.399 e. The van der Waals surface area contributed by atoms with Crippen molar-refractivity contribution in [2.24, 2.45) is 0 Å². The Hall–Kier alpha value is -1.07. The molecule has 1 saturated heterocycles. The summed E-state index contributed by atoms with van der Waals surface area (Å²) < 4.78 is 12.1. The van der Waals surface area contributed by atoms with E-state index in [-0.39, 0.29) is 18.3 Å². The van der Waals surface area contributed by atoms with E-state index in [0.29, 0.717) is 5.82 Å². The van der Waals surface area contributed by atoms with Crippen LogP contribution in [0.25, 0.3) is 0 Å². The van der Waals surface area contributed by atoms with Gasteiger partial charge in [0.25, 0.3) is 0 Å².